The molecule has 0 aliphatic heterocycles. The zero-order valence-electron chi connectivity index (χ0n) is 10.1. The number of amides is 1. The van der Waals surface area contributed by atoms with E-state index in [0.717, 1.165) is 25.3 Å². The van der Waals surface area contributed by atoms with Gasteiger partial charge in [-0.2, -0.15) is 0 Å². The van der Waals surface area contributed by atoms with E-state index in [0.29, 0.717) is 13.1 Å². The van der Waals surface area contributed by atoms with E-state index < -0.39 is 5.82 Å². The van der Waals surface area contributed by atoms with Gasteiger partial charge in [-0.05, 0) is 31.4 Å². The highest BCUT2D eigenvalue weighted by molar-refractivity contribution is 5.97. The van der Waals surface area contributed by atoms with Gasteiger partial charge in [0.15, 0.2) is 0 Å². The molecule has 0 heterocycles. The molecule has 1 aromatic carbocycles. The summed E-state index contributed by atoms with van der Waals surface area (Å²) in [6.45, 7) is 0.838. The van der Waals surface area contributed by atoms with Crippen molar-refractivity contribution in [3.63, 3.8) is 0 Å². The average Bonchev–Trinajstić information content (AvgIpc) is 2.25. The molecule has 1 aromatic rings. The Morgan fingerprint density at radius 2 is 2.22 bits per heavy atom. The number of rotatable bonds is 4. The summed E-state index contributed by atoms with van der Waals surface area (Å²) in [4.78, 5) is 14.0. The van der Waals surface area contributed by atoms with E-state index in [-0.39, 0.29) is 23.3 Å². The smallest absolute Gasteiger partial charge is 0.257 e. The van der Waals surface area contributed by atoms with E-state index in [1.54, 1.807) is 4.90 Å². The maximum atomic E-state index is 12.9. The fraction of sp³-hybridized carbons (Fsp3) is 0.462. The maximum absolute atomic E-state index is 12.9. The number of nitrogens with two attached hydrogens (primary N) is 1. The van der Waals surface area contributed by atoms with Gasteiger partial charge >= 0.3 is 0 Å². The fourth-order valence-electron chi connectivity index (χ4n) is 2.13. The first-order valence-electron chi connectivity index (χ1n) is 6.13. The number of phenols is 1. The molecule has 4 nitrogen and oxygen atoms in total. The van der Waals surface area contributed by atoms with Crippen molar-refractivity contribution in [1.29, 1.82) is 0 Å². The van der Waals surface area contributed by atoms with Crippen LogP contribution in [-0.2, 0) is 0 Å². The molecule has 5 heteroatoms. The number of carbonyl (C=O) groups excluding carboxylic acids is 1. The summed E-state index contributed by atoms with van der Waals surface area (Å²) in [7, 11) is 0. The minimum absolute atomic E-state index is 0.136. The van der Waals surface area contributed by atoms with Gasteiger partial charge in [0.25, 0.3) is 5.91 Å². The lowest BCUT2D eigenvalue weighted by atomic mass is 9.91. The number of hydrogen-bond donors (Lipinski definition) is 2. The summed E-state index contributed by atoms with van der Waals surface area (Å²) in [5.74, 6) is -1.15. The summed E-state index contributed by atoms with van der Waals surface area (Å²) in [6.07, 6.45) is 3.04. The molecule has 1 fully saturated rings. The Hall–Kier alpha value is -1.62. The number of aromatic hydroxyl groups is 1. The number of carbonyl (C=O) groups is 1. The van der Waals surface area contributed by atoms with Gasteiger partial charge in [0.2, 0.25) is 0 Å². The molecule has 3 N–H and O–H groups in total. The third-order valence-corrected chi connectivity index (χ3v) is 3.34. The molecule has 0 bridgehead atoms. The molecule has 1 saturated carbocycles. The van der Waals surface area contributed by atoms with Crippen LogP contribution in [0.15, 0.2) is 18.2 Å². The van der Waals surface area contributed by atoms with E-state index in [2.05, 4.69) is 0 Å². The third-order valence-electron chi connectivity index (χ3n) is 3.34. The quantitative estimate of drug-likeness (QED) is 0.853. The van der Waals surface area contributed by atoms with Crippen molar-refractivity contribution in [3.8, 4) is 5.75 Å². The van der Waals surface area contributed by atoms with Gasteiger partial charge in [-0.1, -0.05) is 0 Å². The largest absolute Gasteiger partial charge is 0.507 e. The van der Waals surface area contributed by atoms with E-state index in [9.17, 15) is 14.3 Å². The second-order valence-corrected chi connectivity index (χ2v) is 4.53. The first-order valence-corrected chi connectivity index (χ1v) is 6.13. The van der Waals surface area contributed by atoms with Crippen LogP contribution in [0.2, 0.25) is 0 Å². The Bertz CT molecular complexity index is 447. The molecule has 0 atom stereocenters. The standard InChI is InChI=1S/C13H17FN2O2/c14-9-4-5-11(12(17)8-9)13(18)16(7-6-15)10-2-1-3-10/h4-5,8,10,17H,1-3,6-7,15H2. The van der Waals surface area contributed by atoms with Gasteiger partial charge in [0.05, 0.1) is 5.56 Å². The van der Waals surface area contributed by atoms with Gasteiger partial charge in [-0.25, -0.2) is 4.39 Å². The van der Waals surface area contributed by atoms with Crippen molar-refractivity contribution >= 4 is 5.91 Å². The van der Waals surface area contributed by atoms with Crippen LogP contribution < -0.4 is 5.73 Å². The Balaban J connectivity index is 2.21. The van der Waals surface area contributed by atoms with E-state index in [4.69, 9.17) is 5.73 Å². The number of nitrogens with zero attached hydrogens (tertiary/aromatic N) is 1. The highest BCUT2D eigenvalue weighted by Crippen LogP contribution is 2.28. The number of halogens is 1. The summed E-state index contributed by atoms with van der Waals surface area (Å²) in [6, 6.07) is 3.64. The summed E-state index contributed by atoms with van der Waals surface area (Å²) >= 11 is 0. The lowest BCUT2D eigenvalue weighted by Crippen LogP contribution is -2.46. The first kappa shape index (κ1) is 12.8. The Kier molecular flexibility index (Phi) is 3.81. The van der Waals surface area contributed by atoms with E-state index in [1.165, 1.54) is 12.1 Å². The molecule has 2 rings (SSSR count). The average molecular weight is 252 g/mol. The van der Waals surface area contributed by atoms with Crippen molar-refractivity contribution in [2.45, 2.75) is 25.3 Å². The summed E-state index contributed by atoms with van der Waals surface area (Å²) in [5, 5.41) is 9.63. The summed E-state index contributed by atoms with van der Waals surface area (Å²) < 4.78 is 12.9. The van der Waals surface area contributed by atoms with Gasteiger partial charge in [0, 0.05) is 25.2 Å². The third kappa shape index (κ3) is 2.46. The molecular formula is C13H17FN2O2. The Morgan fingerprint density at radius 3 is 2.72 bits per heavy atom. The van der Waals surface area contributed by atoms with Crippen molar-refractivity contribution in [2.75, 3.05) is 13.1 Å². The molecule has 1 aliphatic carbocycles. The van der Waals surface area contributed by atoms with Gasteiger partial charge in [-0.3, -0.25) is 4.79 Å². The Labute approximate surface area is 105 Å². The van der Waals surface area contributed by atoms with Crippen molar-refractivity contribution in [1.82, 2.24) is 4.90 Å². The molecule has 0 saturated heterocycles. The normalized spacial score (nSPS) is 15.2. The van der Waals surface area contributed by atoms with Crippen LogP contribution >= 0.6 is 0 Å². The number of benzene rings is 1. The Morgan fingerprint density at radius 1 is 1.50 bits per heavy atom. The zero-order chi connectivity index (χ0) is 13.1. The second-order valence-electron chi connectivity index (χ2n) is 4.53. The molecule has 0 unspecified atom stereocenters. The minimum atomic E-state index is -0.557. The maximum Gasteiger partial charge on any atom is 0.257 e. The molecule has 1 amide bonds. The highest BCUT2D eigenvalue weighted by atomic mass is 19.1. The monoisotopic (exact) mass is 252 g/mol. The van der Waals surface area contributed by atoms with Crippen LogP contribution in [0.25, 0.3) is 0 Å². The lowest BCUT2D eigenvalue weighted by Gasteiger charge is -2.37. The van der Waals surface area contributed by atoms with Crippen LogP contribution in [0, 0.1) is 5.82 Å². The molecule has 1 aliphatic rings. The van der Waals surface area contributed by atoms with Crippen LogP contribution in [0.4, 0.5) is 4.39 Å². The molecule has 98 valence electrons. The topological polar surface area (TPSA) is 66.6 Å². The van der Waals surface area contributed by atoms with Crippen molar-refractivity contribution in [3.05, 3.63) is 29.6 Å². The van der Waals surface area contributed by atoms with Crippen LogP contribution in [-0.4, -0.2) is 35.0 Å². The minimum Gasteiger partial charge on any atom is -0.507 e. The zero-order valence-corrected chi connectivity index (χ0v) is 10.1. The van der Waals surface area contributed by atoms with E-state index >= 15 is 0 Å². The molecular weight excluding hydrogens is 235 g/mol. The van der Waals surface area contributed by atoms with Gasteiger partial charge < -0.3 is 15.7 Å². The lowest BCUT2D eigenvalue weighted by molar-refractivity contribution is 0.0585. The SMILES string of the molecule is NCCN(C(=O)c1ccc(F)cc1O)C1CCC1. The highest BCUT2D eigenvalue weighted by Gasteiger charge is 2.29. The molecule has 0 radical (unpaired) electrons. The fourth-order valence-corrected chi connectivity index (χ4v) is 2.13. The second kappa shape index (κ2) is 5.35. The van der Waals surface area contributed by atoms with Crippen molar-refractivity contribution < 1.29 is 14.3 Å². The predicted octanol–water partition coefficient (Wildman–Crippen LogP) is 1.48. The molecule has 0 aromatic heterocycles. The molecule has 0 spiro atoms. The van der Waals surface area contributed by atoms with Gasteiger partial charge in [-0.15, -0.1) is 0 Å². The predicted molar refractivity (Wildman–Crippen MR) is 65.8 cm³/mol. The molecule has 18 heavy (non-hydrogen) atoms. The van der Waals surface area contributed by atoms with Crippen LogP contribution in [0.3, 0.4) is 0 Å². The van der Waals surface area contributed by atoms with E-state index in [1.807, 2.05) is 0 Å². The van der Waals surface area contributed by atoms with Crippen LogP contribution in [0.1, 0.15) is 29.6 Å². The van der Waals surface area contributed by atoms with Crippen LogP contribution in [0.5, 0.6) is 5.75 Å². The number of hydrogen-bond acceptors (Lipinski definition) is 3. The van der Waals surface area contributed by atoms with Crippen molar-refractivity contribution in [2.24, 2.45) is 5.73 Å². The summed E-state index contributed by atoms with van der Waals surface area (Å²) in [5.41, 5.74) is 5.64. The first-order chi connectivity index (χ1) is 8.63. The number of phenolic OH excluding ortho intramolecular Hbond substituents is 1. The van der Waals surface area contributed by atoms with Gasteiger partial charge in [0.1, 0.15) is 11.6 Å².